The number of para-hydroxylation sites is 2. The van der Waals surface area contributed by atoms with E-state index in [9.17, 15) is 5.11 Å². The molecule has 0 saturated carbocycles. The zero-order valence-electron chi connectivity index (χ0n) is 15.4. The molecule has 0 saturated heterocycles. The SMILES string of the molecule is Oc1ccccc1N1c2cccc3c2C2c4c(cccc4Oc4cccc1c42)N3. The molecular weight excluding hydrogens is 360 g/mol. The zero-order chi connectivity index (χ0) is 19.1. The molecule has 138 valence electrons. The van der Waals surface area contributed by atoms with Gasteiger partial charge in [0.15, 0.2) is 0 Å². The van der Waals surface area contributed by atoms with Gasteiger partial charge in [0.1, 0.15) is 17.2 Å². The van der Waals surface area contributed by atoms with Crippen molar-refractivity contribution in [2.24, 2.45) is 0 Å². The van der Waals surface area contributed by atoms with E-state index < -0.39 is 0 Å². The summed E-state index contributed by atoms with van der Waals surface area (Å²) in [6.07, 6.45) is 0. The van der Waals surface area contributed by atoms with E-state index >= 15 is 0 Å². The second-order valence-electron chi connectivity index (χ2n) is 7.63. The van der Waals surface area contributed by atoms with E-state index in [4.69, 9.17) is 4.74 Å². The van der Waals surface area contributed by atoms with Gasteiger partial charge in [0.2, 0.25) is 0 Å². The molecule has 4 aromatic carbocycles. The summed E-state index contributed by atoms with van der Waals surface area (Å²) in [5, 5.41) is 14.3. The van der Waals surface area contributed by atoms with E-state index in [1.54, 1.807) is 6.07 Å². The molecule has 2 N–H and O–H groups in total. The third-order valence-corrected chi connectivity index (χ3v) is 6.15. The molecule has 29 heavy (non-hydrogen) atoms. The maximum absolute atomic E-state index is 10.7. The third-order valence-electron chi connectivity index (χ3n) is 6.15. The predicted molar refractivity (Wildman–Crippen MR) is 114 cm³/mol. The smallest absolute Gasteiger partial charge is 0.139 e. The number of nitrogens with zero attached hydrogens (tertiary/aromatic N) is 1. The highest BCUT2D eigenvalue weighted by Crippen LogP contribution is 2.63. The number of phenolic OH excluding ortho intramolecular Hbond substituents is 1. The third kappa shape index (κ3) is 1.79. The van der Waals surface area contributed by atoms with Gasteiger partial charge in [0, 0.05) is 34.0 Å². The number of hydrogen-bond donors (Lipinski definition) is 2. The number of anilines is 5. The fraction of sp³-hybridized carbons (Fsp3) is 0.0400. The van der Waals surface area contributed by atoms with Crippen LogP contribution < -0.4 is 15.0 Å². The van der Waals surface area contributed by atoms with Gasteiger partial charge >= 0.3 is 0 Å². The number of ether oxygens (including phenoxy) is 1. The van der Waals surface area contributed by atoms with E-state index in [0.717, 1.165) is 45.5 Å². The van der Waals surface area contributed by atoms with Crippen LogP contribution in [0.25, 0.3) is 0 Å². The van der Waals surface area contributed by atoms with Crippen LogP contribution >= 0.6 is 0 Å². The van der Waals surface area contributed by atoms with E-state index in [1.165, 1.54) is 11.1 Å². The molecule has 3 aliphatic heterocycles. The number of hydrogen-bond acceptors (Lipinski definition) is 4. The van der Waals surface area contributed by atoms with Gasteiger partial charge in [-0.3, -0.25) is 0 Å². The van der Waals surface area contributed by atoms with Crippen LogP contribution in [0.2, 0.25) is 0 Å². The van der Waals surface area contributed by atoms with Crippen LogP contribution in [0.3, 0.4) is 0 Å². The molecule has 7 rings (SSSR count). The van der Waals surface area contributed by atoms with Crippen molar-refractivity contribution in [2.75, 3.05) is 10.2 Å². The minimum absolute atomic E-state index is 0.107. The van der Waals surface area contributed by atoms with Crippen molar-refractivity contribution in [2.45, 2.75) is 5.92 Å². The standard InChI is InChI=1S/C25H16N2O2/c28-19-11-2-1-8-16(19)27-17-9-3-6-14-22(17)25-23-15(26-14)7-4-12-20(23)29-21-13-5-10-18(27)24(21)25/h1-13,25-26,28H. The van der Waals surface area contributed by atoms with Crippen LogP contribution in [-0.2, 0) is 0 Å². The van der Waals surface area contributed by atoms with Gasteiger partial charge < -0.3 is 20.1 Å². The average molecular weight is 376 g/mol. The second kappa shape index (κ2) is 5.11. The first-order valence-electron chi connectivity index (χ1n) is 9.73. The summed E-state index contributed by atoms with van der Waals surface area (Å²) in [6.45, 7) is 0. The Balaban J connectivity index is 1.63. The predicted octanol–water partition coefficient (Wildman–Crippen LogP) is 6.52. The first-order valence-corrected chi connectivity index (χ1v) is 9.73. The Hall–Kier alpha value is -3.92. The highest BCUT2D eigenvalue weighted by Gasteiger charge is 2.43. The fourth-order valence-electron chi connectivity index (χ4n) is 5.05. The Bertz CT molecular complexity index is 1270. The fourth-order valence-corrected chi connectivity index (χ4v) is 5.05. The molecule has 0 fully saturated rings. The molecule has 0 spiro atoms. The van der Waals surface area contributed by atoms with Crippen molar-refractivity contribution in [3.63, 3.8) is 0 Å². The molecule has 0 radical (unpaired) electrons. The van der Waals surface area contributed by atoms with Crippen LogP contribution in [-0.4, -0.2) is 5.11 Å². The van der Waals surface area contributed by atoms with Crippen molar-refractivity contribution < 1.29 is 9.84 Å². The minimum atomic E-state index is 0.107. The zero-order valence-corrected chi connectivity index (χ0v) is 15.4. The summed E-state index contributed by atoms with van der Waals surface area (Å²) in [4.78, 5) is 2.15. The van der Waals surface area contributed by atoms with Gasteiger partial charge in [0.05, 0.1) is 17.1 Å². The lowest BCUT2D eigenvalue weighted by atomic mass is 9.75. The number of phenols is 1. The lowest BCUT2D eigenvalue weighted by Gasteiger charge is -2.44. The van der Waals surface area contributed by atoms with E-state index in [2.05, 4.69) is 40.5 Å². The molecule has 0 amide bonds. The Morgan fingerprint density at radius 1 is 0.655 bits per heavy atom. The summed E-state index contributed by atoms with van der Waals surface area (Å²) in [5.41, 5.74) is 8.63. The lowest BCUT2D eigenvalue weighted by Crippen LogP contribution is -2.28. The molecule has 0 bridgehead atoms. The second-order valence-corrected chi connectivity index (χ2v) is 7.63. The molecule has 4 nitrogen and oxygen atoms in total. The maximum Gasteiger partial charge on any atom is 0.139 e. The number of benzene rings is 4. The summed E-state index contributed by atoms with van der Waals surface area (Å²) in [6, 6.07) is 26.2. The Morgan fingerprint density at radius 2 is 1.28 bits per heavy atom. The van der Waals surface area contributed by atoms with Gasteiger partial charge in [-0.2, -0.15) is 0 Å². The lowest BCUT2D eigenvalue weighted by molar-refractivity contribution is 0.452. The normalized spacial score (nSPS) is 16.6. The van der Waals surface area contributed by atoms with Crippen molar-refractivity contribution in [1.82, 2.24) is 0 Å². The van der Waals surface area contributed by atoms with Crippen LogP contribution in [0.4, 0.5) is 28.4 Å². The molecular formula is C25H16N2O2. The number of nitrogens with one attached hydrogen (secondary N) is 1. The van der Waals surface area contributed by atoms with Crippen LogP contribution in [0.5, 0.6) is 17.2 Å². The van der Waals surface area contributed by atoms with E-state index in [1.807, 2.05) is 42.5 Å². The minimum Gasteiger partial charge on any atom is -0.506 e. The van der Waals surface area contributed by atoms with Crippen molar-refractivity contribution in [3.8, 4) is 17.2 Å². The summed E-state index contributed by atoms with van der Waals surface area (Å²) >= 11 is 0. The highest BCUT2D eigenvalue weighted by atomic mass is 16.5. The van der Waals surface area contributed by atoms with Crippen molar-refractivity contribution in [1.29, 1.82) is 0 Å². The molecule has 0 aromatic heterocycles. The van der Waals surface area contributed by atoms with Crippen molar-refractivity contribution in [3.05, 3.63) is 95.6 Å². The number of aromatic hydroxyl groups is 1. The van der Waals surface area contributed by atoms with Gasteiger partial charge in [-0.1, -0.05) is 30.3 Å². The molecule has 1 atom stereocenters. The van der Waals surface area contributed by atoms with Crippen LogP contribution in [0.15, 0.2) is 78.9 Å². The maximum atomic E-state index is 10.7. The molecule has 3 heterocycles. The quantitative estimate of drug-likeness (QED) is 0.342. The molecule has 0 aliphatic carbocycles. The Labute approximate surface area is 167 Å². The van der Waals surface area contributed by atoms with Crippen molar-refractivity contribution >= 4 is 28.4 Å². The highest BCUT2D eigenvalue weighted by molar-refractivity contribution is 5.96. The van der Waals surface area contributed by atoms with E-state index in [0.29, 0.717) is 0 Å². The average Bonchev–Trinajstić information content (AvgIpc) is 2.75. The topological polar surface area (TPSA) is 44.7 Å². The summed E-state index contributed by atoms with van der Waals surface area (Å²) < 4.78 is 6.33. The molecule has 4 heteroatoms. The van der Waals surface area contributed by atoms with E-state index in [-0.39, 0.29) is 11.7 Å². The molecule has 1 unspecified atom stereocenters. The molecule has 4 aromatic rings. The van der Waals surface area contributed by atoms with Crippen LogP contribution in [0.1, 0.15) is 22.6 Å². The Morgan fingerprint density at radius 3 is 2.10 bits per heavy atom. The van der Waals surface area contributed by atoms with Gasteiger partial charge in [-0.25, -0.2) is 0 Å². The van der Waals surface area contributed by atoms with Gasteiger partial charge in [-0.15, -0.1) is 0 Å². The Kier molecular flexibility index (Phi) is 2.66. The first kappa shape index (κ1) is 15.1. The van der Waals surface area contributed by atoms with Crippen LogP contribution in [0, 0.1) is 0 Å². The monoisotopic (exact) mass is 376 g/mol. The summed E-state index contributed by atoms with van der Waals surface area (Å²) in [5.74, 6) is 2.14. The number of rotatable bonds is 1. The largest absolute Gasteiger partial charge is 0.506 e. The summed E-state index contributed by atoms with van der Waals surface area (Å²) in [7, 11) is 0. The first-order chi connectivity index (χ1) is 14.3. The van der Waals surface area contributed by atoms with Gasteiger partial charge in [0.25, 0.3) is 0 Å². The van der Waals surface area contributed by atoms with Gasteiger partial charge in [-0.05, 0) is 48.5 Å². The molecule has 3 aliphatic rings.